The van der Waals surface area contributed by atoms with E-state index >= 15 is 0 Å². The number of carbonyl (C=O) groups is 2. The summed E-state index contributed by atoms with van der Waals surface area (Å²) < 4.78 is 24.8. The first-order valence-electron chi connectivity index (χ1n) is 9.93. The van der Waals surface area contributed by atoms with E-state index < -0.39 is 14.6 Å². The first kappa shape index (κ1) is 19.2. The average Bonchev–Trinajstić information content (AvgIpc) is 2.68. The van der Waals surface area contributed by atoms with Crippen molar-refractivity contribution in [3.8, 4) is 0 Å². The van der Waals surface area contributed by atoms with Crippen molar-refractivity contribution in [1.29, 1.82) is 0 Å². The van der Waals surface area contributed by atoms with Gasteiger partial charge in [0.05, 0.1) is 21.9 Å². The molecule has 1 spiro atoms. The topological polar surface area (TPSA) is 86.8 Å². The minimum atomic E-state index is -3.19. The van der Waals surface area contributed by atoms with E-state index in [1.807, 2.05) is 24.9 Å². The second kappa shape index (κ2) is 6.76. The van der Waals surface area contributed by atoms with Gasteiger partial charge in [-0.05, 0) is 38.0 Å². The predicted molar refractivity (Wildman–Crippen MR) is 108 cm³/mol. The van der Waals surface area contributed by atoms with Crippen LogP contribution in [0.5, 0.6) is 0 Å². The van der Waals surface area contributed by atoms with Gasteiger partial charge in [0.1, 0.15) is 6.04 Å². The Bertz CT molecular complexity index is 921. The summed E-state index contributed by atoms with van der Waals surface area (Å²) in [4.78, 5) is 28.8. The van der Waals surface area contributed by atoms with Gasteiger partial charge in [0, 0.05) is 25.7 Å². The van der Waals surface area contributed by atoms with Crippen LogP contribution in [-0.4, -0.2) is 61.8 Å². The van der Waals surface area contributed by atoms with Gasteiger partial charge in [-0.2, -0.15) is 0 Å². The van der Waals surface area contributed by atoms with E-state index in [1.165, 1.54) is 0 Å². The van der Waals surface area contributed by atoms with Gasteiger partial charge in [0.15, 0.2) is 9.84 Å². The number of hydrogen-bond acceptors (Lipinski definition) is 5. The molecule has 2 fully saturated rings. The number of sulfone groups is 1. The summed E-state index contributed by atoms with van der Waals surface area (Å²) in [5.41, 5.74) is 1.97. The van der Waals surface area contributed by atoms with Crippen LogP contribution in [0, 0.1) is 0 Å². The molecule has 0 aromatic heterocycles. The number of hydrogen-bond donors (Lipinski definition) is 1. The first-order chi connectivity index (χ1) is 13.2. The van der Waals surface area contributed by atoms with E-state index in [-0.39, 0.29) is 36.7 Å². The molecule has 1 unspecified atom stereocenters. The molecule has 3 aliphatic rings. The SMILES string of the molecule is CC1C(=O)Nc2cc(C(=O)N3CCS(=O)(=O)C4(CCCCC4)C3)ccc2N1C. The fourth-order valence-corrected chi connectivity index (χ4v) is 6.85. The highest BCUT2D eigenvalue weighted by atomic mass is 32.2. The summed E-state index contributed by atoms with van der Waals surface area (Å²) in [7, 11) is -1.33. The number of rotatable bonds is 1. The minimum Gasteiger partial charge on any atom is -0.361 e. The van der Waals surface area contributed by atoms with Crippen molar-refractivity contribution in [2.45, 2.75) is 49.8 Å². The van der Waals surface area contributed by atoms with E-state index in [1.54, 1.807) is 17.0 Å². The number of fused-ring (bicyclic) bond motifs is 1. The van der Waals surface area contributed by atoms with Gasteiger partial charge < -0.3 is 15.1 Å². The maximum atomic E-state index is 13.2. The van der Waals surface area contributed by atoms with Crippen LogP contribution in [0.3, 0.4) is 0 Å². The monoisotopic (exact) mass is 405 g/mol. The van der Waals surface area contributed by atoms with Crippen molar-refractivity contribution >= 4 is 33.0 Å². The lowest BCUT2D eigenvalue weighted by atomic mass is 9.87. The maximum Gasteiger partial charge on any atom is 0.254 e. The quantitative estimate of drug-likeness (QED) is 0.773. The molecule has 1 aromatic carbocycles. The lowest BCUT2D eigenvalue weighted by molar-refractivity contribution is -0.117. The fourth-order valence-electron chi connectivity index (χ4n) is 4.69. The Kier molecular flexibility index (Phi) is 4.64. The fraction of sp³-hybridized carbons (Fsp3) is 0.600. The number of benzene rings is 1. The average molecular weight is 406 g/mol. The predicted octanol–water partition coefficient (Wildman–Crippen LogP) is 2.04. The summed E-state index contributed by atoms with van der Waals surface area (Å²) in [6, 6.07) is 5.04. The van der Waals surface area contributed by atoms with Gasteiger partial charge in [-0.25, -0.2) is 8.42 Å². The molecule has 152 valence electrons. The zero-order chi connectivity index (χ0) is 20.1. The van der Waals surface area contributed by atoms with Gasteiger partial charge in [0.2, 0.25) is 5.91 Å². The van der Waals surface area contributed by atoms with Crippen LogP contribution in [0.2, 0.25) is 0 Å². The summed E-state index contributed by atoms with van der Waals surface area (Å²) in [6.07, 6.45) is 4.14. The van der Waals surface area contributed by atoms with Crippen LogP contribution in [0.1, 0.15) is 49.4 Å². The van der Waals surface area contributed by atoms with Gasteiger partial charge >= 0.3 is 0 Å². The van der Waals surface area contributed by atoms with Gasteiger partial charge in [-0.15, -0.1) is 0 Å². The lowest BCUT2D eigenvalue weighted by Gasteiger charge is -2.44. The van der Waals surface area contributed by atoms with Crippen molar-refractivity contribution in [2.75, 3.05) is 36.1 Å². The third-order valence-electron chi connectivity index (χ3n) is 6.66. The number of likely N-dealkylation sites (N-methyl/N-ethyl adjacent to an activating group) is 1. The van der Waals surface area contributed by atoms with E-state index in [0.717, 1.165) is 24.9 Å². The Balaban J connectivity index is 1.60. The Hall–Kier alpha value is -2.09. The van der Waals surface area contributed by atoms with Crippen LogP contribution in [0.4, 0.5) is 11.4 Å². The van der Waals surface area contributed by atoms with Crippen LogP contribution >= 0.6 is 0 Å². The van der Waals surface area contributed by atoms with Crippen LogP contribution < -0.4 is 10.2 Å². The van der Waals surface area contributed by atoms with E-state index in [4.69, 9.17) is 0 Å². The molecular weight excluding hydrogens is 378 g/mol. The van der Waals surface area contributed by atoms with Crippen molar-refractivity contribution in [1.82, 2.24) is 4.90 Å². The van der Waals surface area contributed by atoms with Crippen molar-refractivity contribution in [2.24, 2.45) is 0 Å². The van der Waals surface area contributed by atoms with Crippen LogP contribution in [0.25, 0.3) is 0 Å². The molecule has 2 aliphatic heterocycles. The summed E-state index contributed by atoms with van der Waals surface area (Å²) >= 11 is 0. The van der Waals surface area contributed by atoms with Gasteiger partial charge in [-0.3, -0.25) is 9.59 Å². The van der Waals surface area contributed by atoms with E-state index in [0.29, 0.717) is 24.1 Å². The molecule has 1 N–H and O–H groups in total. The molecule has 1 aliphatic carbocycles. The third kappa shape index (κ3) is 2.98. The molecule has 1 atom stereocenters. The number of anilines is 2. The van der Waals surface area contributed by atoms with Crippen LogP contribution in [0.15, 0.2) is 18.2 Å². The van der Waals surface area contributed by atoms with Gasteiger partial charge in [-0.1, -0.05) is 19.3 Å². The lowest BCUT2D eigenvalue weighted by Crippen LogP contribution is -2.58. The normalized spacial score (nSPS) is 25.9. The molecule has 2 amide bonds. The molecule has 1 aromatic rings. The first-order valence-corrected chi connectivity index (χ1v) is 11.6. The van der Waals surface area contributed by atoms with Gasteiger partial charge in [0.25, 0.3) is 5.91 Å². The summed E-state index contributed by atoms with van der Waals surface area (Å²) in [5.74, 6) is -0.247. The standard InChI is InChI=1S/C20H27N3O4S/c1-14-18(24)21-16-12-15(6-7-17(16)22(14)2)19(25)23-10-11-28(26,27)20(13-23)8-4-3-5-9-20/h6-7,12,14H,3-5,8-11,13H2,1-2H3,(H,21,24). The largest absolute Gasteiger partial charge is 0.361 e. The zero-order valence-electron chi connectivity index (χ0n) is 16.4. The number of carbonyl (C=O) groups excluding carboxylic acids is 2. The molecule has 8 heteroatoms. The molecule has 28 heavy (non-hydrogen) atoms. The van der Waals surface area contributed by atoms with E-state index in [9.17, 15) is 18.0 Å². The third-order valence-corrected chi connectivity index (χ3v) is 9.24. The van der Waals surface area contributed by atoms with Crippen molar-refractivity contribution < 1.29 is 18.0 Å². The number of amides is 2. The Morgan fingerprint density at radius 2 is 1.93 bits per heavy atom. The molecule has 2 heterocycles. The molecule has 0 radical (unpaired) electrons. The highest BCUT2D eigenvalue weighted by molar-refractivity contribution is 7.92. The maximum absolute atomic E-state index is 13.2. The van der Waals surface area contributed by atoms with E-state index in [2.05, 4.69) is 5.32 Å². The van der Waals surface area contributed by atoms with Crippen molar-refractivity contribution in [3.05, 3.63) is 23.8 Å². The summed E-state index contributed by atoms with van der Waals surface area (Å²) in [6.45, 7) is 2.33. The zero-order valence-corrected chi connectivity index (χ0v) is 17.2. The highest BCUT2D eigenvalue weighted by Gasteiger charge is 2.49. The van der Waals surface area contributed by atoms with Crippen molar-refractivity contribution in [3.63, 3.8) is 0 Å². The molecule has 1 saturated carbocycles. The Morgan fingerprint density at radius 3 is 2.64 bits per heavy atom. The second-order valence-electron chi connectivity index (χ2n) is 8.30. The Morgan fingerprint density at radius 1 is 1.21 bits per heavy atom. The molecule has 0 bridgehead atoms. The molecule has 7 nitrogen and oxygen atoms in total. The Labute approximate surface area is 166 Å². The number of nitrogens with zero attached hydrogens (tertiary/aromatic N) is 2. The number of nitrogens with one attached hydrogen (secondary N) is 1. The molecule has 4 rings (SSSR count). The highest BCUT2D eigenvalue weighted by Crippen LogP contribution is 2.39. The molecular formula is C20H27N3O4S. The molecule has 1 saturated heterocycles. The second-order valence-corrected chi connectivity index (χ2v) is 10.8. The van der Waals surface area contributed by atoms with Crippen LogP contribution in [-0.2, 0) is 14.6 Å². The minimum absolute atomic E-state index is 0.0284. The smallest absolute Gasteiger partial charge is 0.254 e. The summed E-state index contributed by atoms with van der Waals surface area (Å²) in [5, 5.41) is 2.86.